The summed E-state index contributed by atoms with van der Waals surface area (Å²) >= 11 is 2.25. The molecule has 0 aliphatic carbocycles. The van der Waals surface area contributed by atoms with Crippen molar-refractivity contribution in [2.45, 2.75) is 25.3 Å². The number of phenols is 2. The van der Waals surface area contributed by atoms with Gasteiger partial charge in [0.05, 0.1) is 0 Å². The minimum Gasteiger partial charge on any atom is -0.504 e. The Kier molecular flexibility index (Phi) is 4.44. The van der Waals surface area contributed by atoms with Gasteiger partial charge in [-0.1, -0.05) is 6.07 Å². The van der Waals surface area contributed by atoms with Crippen LogP contribution in [0, 0.1) is 3.57 Å². The van der Waals surface area contributed by atoms with Crippen LogP contribution in [0.15, 0.2) is 30.3 Å². The fraction of sp³-hybridized carbons (Fsp3) is 0.294. The van der Waals surface area contributed by atoms with E-state index in [1.54, 1.807) is 12.1 Å². The number of phenolic OH excluding ortho intramolecular Hbond substituents is 2. The lowest BCUT2D eigenvalue weighted by Gasteiger charge is -2.27. The number of anilines is 1. The maximum absolute atomic E-state index is 9.75. The lowest BCUT2D eigenvalue weighted by atomic mass is 9.90. The second kappa shape index (κ2) is 6.34. The fourth-order valence-corrected chi connectivity index (χ4v) is 3.54. The van der Waals surface area contributed by atoms with Crippen molar-refractivity contribution in [3.63, 3.8) is 0 Å². The Morgan fingerprint density at radius 1 is 1.18 bits per heavy atom. The monoisotopic (exact) mass is 410 g/mol. The van der Waals surface area contributed by atoms with E-state index in [-0.39, 0.29) is 17.5 Å². The van der Waals surface area contributed by atoms with Crippen LogP contribution in [-0.2, 0) is 12.8 Å². The molecule has 0 saturated carbocycles. The molecule has 0 aromatic heterocycles. The number of hydrogen-bond acceptors (Lipinski definition) is 4. The van der Waals surface area contributed by atoms with E-state index in [9.17, 15) is 10.2 Å². The van der Waals surface area contributed by atoms with Gasteiger partial charge in [0.15, 0.2) is 11.5 Å². The normalized spacial score (nSPS) is 17.2. The smallest absolute Gasteiger partial charge is 0.157 e. The molecule has 2 aromatic carbocycles. The number of fused-ring (bicyclic) bond motifs is 1. The third kappa shape index (κ3) is 3.15. The van der Waals surface area contributed by atoms with E-state index in [1.807, 2.05) is 6.07 Å². The largest absolute Gasteiger partial charge is 0.504 e. The lowest BCUT2D eigenvalue weighted by molar-refractivity contribution is 0.397. The molecule has 116 valence electrons. The molecule has 0 radical (unpaired) electrons. The number of nitrogens with one attached hydrogen (secondary N) is 1. The highest BCUT2D eigenvalue weighted by Gasteiger charge is 2.21. The van der Waals surface area contributed by atoms with E-state index in [0.717, 1.165) is 46.2 Å². The highest BCUT2D eigenvalue weighted by Crippen LogP contribution is 2.35. The summed E-state index contributed by atoms with van der Waals surface area (Å²) in [6.07, 6.45) is 2.76. The van der Waals surface area contributed by atoms with Gasteiger partial charge in [-0.05, 0) is 89.4 Å². The topological polar surface area (TPSA) is 78.5 Å². The van der Waals surface area contributed by atoms with Crippen molar-refractivity contribution in [1.29, 1.82) is 0 Å². The molecule has 22 heavy (non-hydrogen) atoms. The molecule has 0 amide bonds. The summed E-state index contributed by atoms with van der Waals surface area (Å²) in [6, 6.07) is 9.71. The molecule has 1 unspecified atom stereocenters. The number of aryl methyl sites for hydroxylation is 1. The van der Waals surface area contributed by atoms with Crippen LogP contribution in [-0.4, -0.2) is 16.8 Å². The van der Waals surface area contributed by atoms with Crippen molar-refractivity contribution in [2.75, 3.05) is 12.3 Å². The van der Waals surface area contributed by atoms with E-state index in [1.165, 1.54) is 5.56 Å². The standard InChI is InChI=1S/C17H19IN2O2/c18-13-7-10(1-3-14(13)19)2-4-15-12-9-17(22)16(21)8-11(12)5-6-20-15/h1,3,7-9,15,20-22H,2,4-6,19H2. The van der Waals surface area contributed by atoms with Crippen LogP contribution in [0.4, 0.5) is 5.69 Å². The SMILES string of the molecule is Nc1ccc(CCC2NCCc3cc(O)c(O)cc32)cc1I. The molecule has 1 heterocycles. The van der Waals surface area contributed by atoms with Crippen molar-refractivity contribution in [3.8, 4) is 11.5 Å². The molecule has 0 fully saturated rings. The third-order valence-electron chi connectivity index (χ3n) is 4.18. The van der Waals surface area contributed by atoms with Gasteiger partial charge in [0.1, 0.15) is 0 Å². The van der Waals surface area contributed by atoms with E-state index in [4.69, 9.17) is 5.73 Å². The molecular formula is C17H19IN2O2. The molecule has 1 atom stereocenters. The second-order valence-electron chi connectivity index (χ2n) is 5.69. The number of halogens is 1. The van der Waals surface area contributed by atoms with Crippen molar-refractivity contribution in [2.24, 2.45) is 0 Å². The molecular weight excluding hydrogens is 391 g/mol. The summed E-state index contributed by atoms with van der Waals surface area (Å²) in [7, 11) is 0. The first-order valence-electron chi connectivity index (χ1n) is 7.36. The maximum Gasteiger partial charge on any atom is 0.157 e. The van der Waals surface area contributed by atoms with Crippen LogP contribution in [0.2, 0.25) is 0 Å². The molecule has 4 nitrogen and oxygen atoms in total. The summed E-state index contributed by atoms with van der Waals surface area (Å²) < 4.78 is 1.08. The number of rotatable bonds is 3. The first-order chi connectivity index (χ1) is 10.5. The van der Waals surface area contributed by atoms with Gasteiger partial charge >= 0.3 is 0 Å². The highest BCUT2D eigenvalue weighted by molar-refractivity contribution is 14.1. The molecule has 5 heteroatoms. The Morgan fingerprint density at radius 3 is 2.73 bits per heavy atom. The number of nitrogen functional groups attached to an aromatic ring is 1. The summed E-state index contributed by atoms with van der Waals surface area (Å²) in [5.41, 5.74) is 10.1. The Morgan fingerprint density at radius 2 is 1.95 bits per heavy atom. The van der Waals surface area contributed by atoms with Crippen molar-refractivity contribution in [1.82, 2.24) is 5.32 Å². The highest BCUT2D eigenvalue weighted by atomic mass is 127. The van der Waals surface area contributed by atoms with Crippen LogP contribution in [0.25, 0.3) is 0 Å². The zero-order chi connectivity index (χ0) is 15.7. The van der Waals surface area contributed by atoms with Gasteiger partial charge < -0.3 is 21.3 Å². The van der Waals surface area contributed by atoms with E-state index < -0.39 is 0 Å². The third-order valence-corrected chi connectivity index (χ3v) is 5.12. The van der Waals surface area contributed by atoms with Crippen LogP contribution >= 0.6 is 22.6 Å². The van der Waals surface area contributed by atoms with Crippen LogP contribution in [0.3, 0.4) is 0 Å². The molecule has 1 aliphatic rings. The Hall–Kier alpha value is -1.47. The molecule has 0 spiro atoms. The predicted molar refractivity (Wildman–Crippen MR) is 96.1 cm³/mol. The molecule has 0 saturated heterocycles. The van der Waals surface area contributed by atoms with Gasteiger partial charge in [-0.3, -0.25) is 0 Å². The number of nitrogens with two attached hydrogens (primary N) is 1. The minimum absolute atomic E-state index is 0.0347. The van der Waals surface area contributed by atoms with Crippen molar-refractivity contribution in [3.05, 3.63) is 50.6 Å². The van der Waals surface area contributed by atoms with Crippen LogP contribution < -0.4 is 11.1 Å². The molecule has 2 aromatic rings. The fourth-order valence-electron chi connectivity index (χ4n) is 2.96. The maximum atomic E-state index is 9.75. The first-order valence-corrected chi connectivity index (χ1v) is 8.44. The van der Waals surface area contributed by atoms with Gasteiger partial charge in [0.25, 0.3) is 0 Å². The van der Waals surface area contributed by atoms with E-state index in [0.29, 0.717) is 0 Å². The van der Waals surface area contributed by atoms with Gasteiger partial charge in [-0.2, -0.15) is 0 Å². The lowest BCUT2D eigenvalue weighted by Crippen LogP contribution is -2.30. The van der Waals surface area contributed by atoms with Crippen molar-refractivity contribution < 1.29 is 10.2 Å². The Bertz CT molecular complexity index is 703. The van der Waals surface area contributed by atoms with Gasteiger partial charge in [0, 0.05) is 15.3 Å². The summed E-state index contributed by atoms with van der Waals surface area (Å²) in [6.45, 7) is 0.890. The van der Waals surface area contributed by atoms with E-state index in [2.05, 4.69) is 40.0 Å². The average molecular weight is 410 g/mol. The Labute approximate surface area is 143 Å². The van der Waals surface area contributed by atoms with Crippen LogP contribution in [0.5, 0.6) is 11.5 Å². The van der Waals surface area contributed by atoms with Gasteiger partial charge in [-0.25, -0.2) is 0 Å². The van der Waals surface area contributed by atoms with Crippen molar-refractivity contribution >= 4 is 28.3 Å². The van der Waals surface area contributed by atoms with E-state index >= 15 is 0 Å². The zero-order valence-corrected chi connectivity index (χ0v) is 14.3. The summed E-state index contributed by atoms with van der Waals surface area (Å²) in [5, 5.41) is 22.9. The Balaban J connectivity index is 1.77. The molecule has 3 rings (SSSR count). The quantitative estimate of drug-likeness (QED) is 0.356. The predicted octanol–water partition coefficient (Wildman–Crippen LogP) is 3.10. The number of hydrogen-bond donors (Lipinski definition) is 4. The first kappa shape index (κ1) is 15.4. The van der Waals surface area contributed by atoms with Crippen LogP contribution in [0.1, 0.15) is 29.2 Å². The minimum atomic E-state index is -0.0468. The zero-order valence-electron chi connectivity index (χ0n) is 12.1. The van der Waals surface area contributed by atoms with Gasteiger partial charge in [0.2, 0.25) is 0 Å². The number of benzene rings is 2. The second-order valence-corrected chi connectivity index (χ2v) is 6.85. The molecule has 5 N–H and O–H groups in total. The van der Waals surface area contributed by atoms with Gasteiger partial charge in [-0.15, -0.1) is 0 Å². The average Bonchev–Trinajstić information content (AvgIpc) is 2.50. The molecule has 1 aliphatic heterocycles. The molecule has 0 bridgehead atoms. The summed E-state index contributed by atoms with van der Waals surface area (Å²) in [4.78, 5) is 0. The number of aromatic hydroxyl groups is 2. The summed E-state index contributed by atoms with van der Waals surface area (Å²) in [5.74, 6) is -0.0815.